The molecule has 1 fully saturated rings. The molecule has 3 heterocycles. The molecular formula is C28H31N3O7. The number of likely N-dealkylation sites (tertiary alicyclic amines) is 1. The molecule has 3 aromatic rings. The van der Waals surface area contributed by atoms with E-state index in [0.29, 0.717) is 25.2 Å². The standard InChI is InChI=1S/C28H31N3O7/c1-28(2,3)38-27(35)31-15-13-20(14-16-31)36-19-10-7-18(8-11-19)9-12-23(32)25-29-17-24(37-25)21-5-4-6-22(30-21)26(33)34/h4-8,10-11,17,20H,9,12-16H2,1-3H3,(H,33,34). The van der Waals surface area contributed by atoms with Crippen LogP contribution in [0.3, 0.4) is 0 Å². The predicted octanol–water partition coefficient (Wildman–Crippen LogP) is 5.03. The number of carboxylic acid groups (broad SMARTS) is 1. The lowest BCUT2D eigenvalue weighted by Gasteiger charge is -2.33. The summed E-state index contributed by atoms with van der Waals surface area (Å²) in [4.78, 5) is 45.7. The molecule has 0 atom stereocenters. The van der Waals surface area contributed by atoms with Gasteiger partial charge in [0.05, 0.1) is 6.20 Å². The van der Waals surface area contributed by atoms with Gasteiger partial charge >= 0.3 is 12.1 Å². The van der Waals surface area contributed by atoms with E-state index in [2.05, 4.69) is 9.97 Å². The van der Waals surface area contributed by atoms with Gasteiger partial charge in [-0.25, -0.2) is 19.6 Å². The summed E-state index contributed by atoms with van der Waals surface area (Å²) in [6, 6.07) is 12.1. The van der Waals surface area contributed by atoms with Gasteiger partial charge in [-0.15, -0.1) is 0 Å². The number of ketones is 1. The smallest absolute Gasteiger partial charge is 0.410 e. The number of nitrogens with zero attached hydrogens (tertiary/aromatic N) is 3. The molecule has 1 N–H and O–H groups in total. The summed E-state index contributed by atoms with van der Waals surface area (Å²) in [7, 11) is 0. The quantitative estimate of drug-likeness (QED) is 0.405. The van der Waals surface area contributed by atoms with Crippen molar-refractivity contribution in [1.82, 2.24) is 14.9 Å². The van der Waals surface area contributed by atoms with Gasteiger partial charge in [-0.2, -0.15) is 0 Å². The van der Waals surface area contributed by atoms with Crippen LogP contribution in [0.25, 0.3) is 11.5 Å². The Bertz CT molecular complexity index is 1290. The molecule has 1 aliphatic rings. The first kappa shape index (κ1) is 26.8. The van der Waals surface area contributed by atoms with Gasteiger partial charge in [-0.05, 0) is 57.0 Å². The van der Waals surface area contributed by atoms with Crippen LogP contribution < -0.4 is 4.74 Å². The third-order valence-electron chi connectivity index (χ3n) is 5.93. The van der Waals surface area contributed by atoms with E-state index in [-0.39, 0.29) is 41.7 Å². The van der Waals surface area contributed by atoms with Gasteiger partial charge in [-0.1, -0.05) is 18.2 Å². The zero-order chi connectivity index (χ0) is 27.3. The summed E-state index contributed by atoms with van der Waals surface area (Å²) in [5.74, 6) is -0.482. The van der Waals surface area contributed by atoms with E-state index < -0.39 is 11.6 Å². The second kappa shape index (κ2) is 11.5. The van der Waals surface area contributed by atoms with Gasteiger partial charge < -0.3 is 23.9 Å². The van der Waals surface area contributed by atoms with Crippen LogP contribution in [0.5, 0.6) is 5.75 Å². The van der Waals surface area contributed by atoms with Crippen molar-refractivity contribution in [3.05, 3.63) is 65.8 Å². The number of pyridine rings is 1. The number of ether oxygens (including phenoxy) is 2. The Morgan fingerprint density at radius 2 is 1.79 bits per heavy atom. The summed E-state index contributed by atoms with van der Waals surface area (Å²) in [5.41, 5.74) is 0.628. The Morgan fingerprint density at radius 1 is 1.08 bits per heavy atom. The molecule has 10 heteroatoms. The average Bonchev–Trinajstić information content (AvgIpc) is 3.38. The molecule has 0 radical (unpaired) electrons. The zero-order valence-electron chi connectivity index (χ0n) is 21.7. The molecule has 0 spiro atoms. The van der Waals surface area contributed by atoms with Gasteiger partial charge in [0.25, 0.3) is 5.89 Å². The predicted molar refractivity (Wildman–Crippen MR) is 137 cm³/mol. The number of Topliss-reactive ketones (excluding diaryl/α,β-unsaturated/α-hetero) is 1. The summed E-state index contributed by atoms with van der Waals surface area (Å²) >= 11 is 0. The topological polar surface area (TPSA) is 132 Å². The number of rotatable bonds is 8. The van der Waals surface area contributed by atoms with E-state index in [4.69, 9.17) is 19.0 Å². The second-order valence-electron chi connectivity index (χ2n) is 10.1. The fourth-order valence-corrected chi connectivity index (χ4v) is 3.99. The number of amides is 1. The number of piperidine rings is 1. The lowest BCUT2D eigenvalue weighted by Crippen LogP contribution is -2.44. The number of aromatic carboxylic acids is 1. The molecule has 0 aliphatic carbocycles. The maximum absolute atomic E-state index is 12.6. The highest BCUT2D eigenvalue weighted by Crippen LogP contribution is 2.23. The van der Waals surface area contributed by atoms with E-state index in [0.717, 1.165) is 24.2 Å². The molecule has 1 aliphatic heterocycles. The zero-order valence-corrected chi connectivity index (χ0v) is 21.7. The summed E-state index contributed by atoms with van der Waals surface area (Å²) in [6.45, 7) is 6.74. The highest BCUT2D eigenvalue weighted by molar-refractivity contribution is 5.92. The van der Waals surface area contributed by atoms with Gasteiger partial charge in [0.1, 0.15) is 28.8 Å². The molecule has 4 rings (SSSR count). The third kappa shape index (κ3) is 7.18. The molecule has 10 nitrogen and oxygen atoms in total. The SMILES string of the molecule is CC(C)(C)OC(=O)N1CCC(Oc2ccc(CCC(=O)c3ncc(-c4cccc(C(=O)O)n4)o3)cc2)CC1. The van der Waals surface area contributed by atoms with Crippen molar-refractivity contribution < 1.29 is 33.4 Å². The van der Waals surface area contributed by atoms with Crippen LogP contribution in [0, 0.1) is 0 Å². The monoisotopic (exact) mass is 521 g/mol. The van der Waals surface area contributed by atoms with Crippen molar-refractivity contribution in [3.63, 3.8) is 0 Å². The van der Waals surface area contributed by atoms with Crippen LogP contribution in [0.1, 0.15) is 66.8 Å². The van der Waals surface area contributed by atoms with Crippen molar-refractivity contribution in [2.45, 2.75) is 58.2 Å². The van der Waals surface area contributed by atoms with Crippen molar-refractivity contribution >= 4 is 17.8 Å². The molecule has 200 valence electrons. The number of aromatic nitrogens is 2. The van der Waals surface area contributed by atoms with Crippen LogP contribution >= 0.6 is 0 Å². The van der Waals surface area contributed by atoms with Crippen molar-refractivity contribution in [1.29, 1.82) is 0 Å². The Hall–Kier alpha value is -4.21. The van der Waals surface area contributed by atoms with Gasteiger partial charge in [-0.3, -0.25) is 4.79 Å². The Balaban J connectivity index is 1.24. The number of hydrogen-bond donors (Lipinski definition) is 1. The van der Waals surface area contributed by atoms with E-state index in [1.54, 1.807) is 17.0 Å². The number of carbonyl (C=O) groups is 3. The van der Waals surface area contributed by atoms with Gasteiger partial charge in [0.15, 0.2) is 5.76 Å². The number of carboxylic acids is 1. The summed E-state index contributed by atoms with van der Waals surface area (Å²) < 4.78 is 17.1. The number of aryl methyl sites for hydroxylation is 1. The van der Waals surface area contributed by atoms with E-state index in [1.807, 2.05) is 45.0 Å². The maximum Gasteiger partial charge on any atom is 0.410 e. The van der Waals surface area contributed by atoms with Crippen LogP contribution in [0.4, 0.5) is 4.79 Å². The highest BCUT2D eigenvalue weighted by atomic mass is 16.6. The Labute approximate surface area is 220 Å². The first-order chi connectivity index (χ1) is 18.1. The van der Waals surface area contributed by atoms with Crippen molar-refractivity contribution in [2.24, 2.45) is 0 Å². The minimum Gasteiger partial charge on any atom is -0.490 e. The molecule has 1 amide bonds. The fourth-order valence-electron chi connectivity index (χ4n) is 3.99. The van der Waals surface area contributed by atoms with Crippen LogP contribution in [0.15, 0.2) is 53.1 Å². The molecule has 2 aromatic heterocycles. The van der Waals surface area contributed by atoms with Crippen LogP contribution in [-0.2, 0) is 11.2 Å². The second-order valence-corrected chi connectivity index (χ2v) is 10.1. The minimum absolute atomic E-state index is 0.0195. The maximum atomic E-state index is 12.6. The van der Waals surface area contributed by atoms with E-state index in [1.165, 1.54) is 12.3 Å². The van der Waals surface area contributed by atoms with Gasteiger partial charge in [0, 0.05) is 32.4 Å². The fraction of sp³-hybridized carbons (Fsp3) is 0.393. The Kier molecular flexibility index (Phi) is 8.09. The lowest BCUT2D eigenvalue weighted by molar-refractivity contribution is 0.0126. The van der Waals surface area contributed by atoms with E-state index in [9.17, 15) is 14.4 Å². The molecule has 1 saturated heterocycles. The first-order valence-electron chi connectivity index (χ1n) is 12.5. The average molecular weight is 522 g/mol. The number of benzene rings is 1. The molecular weight excluding hydrogens is 490 g/mol. The number of oxazole rings is 1. The van der Waals surface area contributed by atoms with E-state index >= 15 is 0 Å². The first-order valence-corrected chi connectivity index (χ1v) is 12.5. The molecule has 0 saturated carbocycles. The van der Waals surface area contributed by atoms with Crippen molar-refractivity contribution in [2.75, 3.05) is 13.1 Å². The highest BCUT2D eigenvalue weighted by Gasteiger charge is 2.27. The number of hydrogen-bond acceptors (Lipinski definition) is 8. The van der Waals surface area contributed by atoms with Crippen molar-refractivity contribution in [3.8, 4) is 17.2 Å². The summed E-state index contributed by atoms with van der Waals surface area (Å²) in [5, 5.41) is 9.10. The molecule has 0 bridgehead atoms. The molecule has 1 aromatic carbocycles. The largest absolute Gasteiger partial charge is 0.490 e. The van der Waals surface area contributed by atoms with Crippen LogP contribution in [0.2, 0.25) is 0 Å². The molecule has 0 unspecified atom stereocenters. The number of carbonyl (C=O) groups excluding carboxylic acids is 2. The van der Waals surface area contributed by atoms with Gasteiger partial charge in [0.2, 0.25) is 5.78 Å². The van der Waals surface area contributed by atoms with Crippen LogP contribution in [-0.4, -0.2) is 62.6 Å². The molecule has 38 heavy (non-hydrogen) atoms. The third-order valence-corrected chi connectivity index (χ3v) is 5.93. The summed E-state index contributed by atoms with van der Waals surface area (Å²) in [6.07, 6.45) is 3.24. The minimum atomic E-state index is -1.15. The normalized spacial score (nSPS) is 14.2. The lowest BCUT2D eigenvalue weighted by atomic mass is 10.1. The Morgan fingerprint density at radius 3 is 2.45 bits per heavy atom.